The van der Waals surface area contributed by atoms with Gasteiger partial charge in [0, 0.05) is 33.0 Å². The molecule has 5 rings (SSSR count). The summed E-state index contributed by atoms with van der Waals surface area (Å²) in [7, 11) is 1.81. The fourth-order valence-corrected chi connectivity index (χ4v) is 4.93. The van der Waals surface area contributed by atoms with Gasteiger partial charge in [-0.25, -0.2) is 14.2 Å². The van der Waals surface area contributed by atoms with Gasteiger partial charge in [-0.3, -0.25) is 19.3 Å². The van der Waals surface area contributed by atoms with Crippen LogP contribution in [-0.2, 0) is 13.6 Å². The topological polar surface area (TPSA) is 102 Å². The highest BCUT2D eigenvalue weighted by Crippen LogP contribution is 2.34. The lowest BCUT2D eigenvalue weighted by Crippen LogP contribution is -2.39. The molecular weight excluding hydrogens is 492 g/mol. The number of imidazole rings is 1. The van der Waals surface area contributed by atoms with E-state index < -0.39 is 0 Å². The van der Waals surface area contributed by atoms with Crippen LogP contribution in [-0.4, -0.2) is 47.4 Å². The fraction of sp³-hybridized carbons (Fsp3) is 0.414. The fourth-order valence-electron chi connectivity index (χ4n) is 4.93. The normalized spacial score (nSPS) is 16.6. The van der Waals surface area contributed by atoms with Crippen LogP contribution in [0.15, 0.2) is 59.2 Å². The van der Waals surface area contributed by atoms with Gasteiger partial charge in [0.05, 0.1) is 30.2 Å². The summed E-state index contributed by atoms with van der Waals surface area (Å²) in [5.41, 5.74) is 4.29. The van der Waals surface area contributed by atoms with E-state index >= 15 is 0 Å². The van der Waals surface area contributed by atoms with E-state index in [-0.39, 0.29) is 30.5 Å². The molecular formula is C29H40N8O2. The van der Waals surface area contributed by atoms with E-state index in [1.807, 2.05) is 75.5 Å². The molecule has 0 spiro atoms. The summed E-state index contributed by atoms with van der Waals surface area (Å²) in [6.45, 7) is 12.7. The third-order valence-corrected chi connectivity index (χ3v) is 7.04. The van der Waals surface area contributed by atoms with Gasteiger partial charge in [0.15, 0.2) is 5.65 Å². The average Bonchev–Trinajstić information content (AvgIpc) is 3.58. The van der Waals surface area contributed by atoms with Crippen LogP contribution in [0.4, 0.5) is 5.82 Å². The van der Waals surface area contributed by atoms with Crippen molar-refractivity contribution in [3.63, 3.8) is 0 Å². The summed E-state index contributed by atoms with van der Waals surface area (Å²) in [4.78, 5) is 37.7. The molecule has 2 atom stereocenters. The number of carbonyl (C=O) groups is 1. The van der Waals surface area contributed by atoms with Crippen LogP contribution in [0.2, 0.25) is 0 Å². The molecule has 10 heteroatoms. The molecule has 39 heavy (non-hydrogen) atoms. The van der Waals surface area contributed by atoms with Crippen LogP contribution in [0.25, 0.3) is 5.65 Å². The molecule has 1 N–H and O–H groups in total. The number of anilines is 1. The number of amides is 1. The molecule has 1 amide bonds. The Morgan fingerprint density at radius 2 is 1.92 bits per heavy atom. The van der Waals surface area contributed by atoms with E-state index in [2.05, 4.69) is 20.2 Å². The summed E-state index contributed by atoms with van der Waals surface area (Å²) in [5.74, 6) is 0.426. The SMILES string of the molecule is CC.CC(C)=CCn1c(=O)c(C(=O)NC2C[C@H](c3ccccn3)N(c3ccc4ncc(C)n4n3)C2)c(C)n1C.[HH]. The third-order valence-electron chi connectivity index (χ3n) is 7.04. The van der Waals surface area contributed by atoms with E-state index in [4.69, 9.17) is 5.10 Å². The Morgan fingerprint density at radius 3 is 2.62 bits per heavy atom. The summed E-state index contributed by atoms with van der Waals surface area (Å²) in [6.07, 6.45) is 6.18. The number of aromatic nitrogens is 6. The molecule has 1 saturated heterocycles. The monoisotopic (exact) mass is 532 g/mol. The van der Waals surface area contributed by atoms with Gasteiger partial charge in [-0.05, 0) is 58.4 Å². The predicted molar refractivity (Wildman–Crippen MR) is 155 cm³/mol. The Kier molecular flexibility index (Phi) is 8.32. The Balaban J connectivity index is 0.00000144. The minimum Gasteiger partial charge on any atom is -0.347 e. The lowest BCUT2D eigenvalue weighted by molar-refractivity contribution is 0.0938. The van der Waals surface area contributed by atoms with E-state index in [1.165, 1.54) is 0 Å². The summed E-state index contributed by atoms with van der Waals surface area (Å²) in [6, 6.07) is 9.47. The molecule has 0 aromatic carbocycles. The second kappa shape index (κ2) is 11.7. The van der Waals surface area contributed by atoms with Crippen molar-refractivity contribution in [1.29, 1.82) is 0 Å². The van der Waals surface area contributed by atoms with E-state index in [9.17, 15) is 9.59 Å². The molecule has 1 fully saturated rings. The smallest absolute Gasteiger partial charge is 0.280 e. The number of pyridine rings is 1. The van der Waals surface area contributed by atoms with Crippen molar-refractivity contribution in [2.24, 2.45) is 7.05 Å². The standard InChI is InChI=1S/C27H32N8O2.C2H6.H2/c1-17(2)11-13-34-27(37)25(19(4)32(34)5)26(36)30-20-14-22(21-8-6-7-12-28-21)33(16-20)24-10-9-23-29-15-18(3)35(23)31-24;1-2;/h6-12,15,20,22H,13-14,16H2,1-5H3,(H,30,36);1-2H3;1H/t20?,22-;;/m1../s1. The van der Waals surface area contributed by atoms with Gasteiger partial charge in [0.1, 0.15) is 11.4 Å². The lowest BCUT2D eigenvalue weighted by Gasteiger charge is -2.25. The van der Waals surface area contributed by atoms with Crippen LogP contribution in [0.5, 0.6) is 0 Å². The lowest BCUT2D eigenvalue weighted by atomic mass is 10.1. The first-order valence-corrected chi connectivity index (χ1v) is 13.4. The van der Waals surface area contributed by atoms with Gasteiger partial charge in [-0.15, -0.1) is 5.10 Å². The van der Waals surface area contributed by atoms with Crippen LogP contribution in [0.3, 0.4) is 0 Å². The van der Waals surface area contributed by atoms with Crippen molar-refractivity contribution in [1.82, 2.24) is 34.3 Å². The molecule has 1 aliphatic rings. The van der Waals surface area contributed by atoms with Gasteiger partial charge in [-0.2, -0.15) is 0 Å². The second-order valence-electron chi connectivity index (χ2n) is 9.84. The summed E-state index contributed by atoms with van der Waals surface area (Å²) < 4.78 is 5.15. The highest BCUT2D eigenvalue weighted by Gasteiger charge is 2.37. The molecule has 4 aromatic heterocycles. The highest BCUT2D eigenvalue weighted by atomic mass is 16.2. The Bertz CT molecular complexity index is 1550. The van der Waals surface area contributed by atoms with Crippen LogP contribution < -0.4 is 15.8 Å². The molecule has 0 saturated carbocycles. The van der Waals surface area contributed by atoms with Crippen molar-refractivity contribution in [2.75, 3.05) is 11.4 Å². The van der Waals surface area contributed by atoms with Gasteiger partial charge >= 0.3 is 0 Å². The molecule has 1 aliphatic heterocycles. The van der Waals surface area contributed by atoms with Crippen molar-refractivity contribution in [2.45, 2.75) is 66.6 Å². The number of rotatable bonds is 6. The van der Waals surface area contributed by atoms with Crippen molar-refractivity contribution >= 4 is 17.4 Å². The number of carbonyl (C=O) groups excluding carboxylic acids is 1. The minimum atomic E-state index is -0.352. The number of fused-ring (bicyclic) bond motifs is 1. The van der Waals surface area contributed by atoms with Gasteiger partial charge in [0.25, 0.3) is 11.5 Å². The molecule has 10 nitrogen and oxygen atoms in total. The van der Waals surface area contributed by atoms with E-state index in [0.29, 0.717) is 25.2 Å². The van der Waals surface area contributed by atoms with Crippen molar-refractivity contribution in [3.05, 3.63) is 87.4 Å². The zero-order valence-electron chi connectivity index (χ0n) is 23.8. The van der Waals surface area contributed by atoms with Gasteiger partial charge < -0.3 is 10.2 Å². The van der Waals surface area contributed by atoms with E-state index in [0.717, 1.165) is 28.4 Å². The predicted octanol–water partition coefficient (Wildman–Crippen LogP) is 4.23. The number of nitrogens with zero attached hydrogens (tertiary/aromatic N) is 7. The van der Waals surface area contributed by atoms with Crippen molar-refractivity contribution < 1.29 is 6.22 Å². The number of hydrogen-bond acceptors (Lipinski definition) is 6. The van der Waals surface area contributed by atoms with Crippen molar-refractivity contribution in [3.8, 4) is 0 Å². The van der Waals surface area contributed by atoms with Crippen LogP contribution >= 0.6 is 0 Å². The Labute approximate surface area is 230 Å². The third kappa shape index (κ3) is 5.50. The number of aryl methyl sites for hydroxylation is 1. The molecule has 4 aromatic rings. The average molecular weight is 533 g/mol. The first-order chi connectivity index (χ1) is 18.7. The Hall–Kier alpha value is -4.21. The molecule has 0 bridgehead atoms. The van der Waals surface area contributed by atoms with Gasteiger partial charge in [-0.1, -0.05) is 31.6 Å². The van der Waals surface area contributed by atoms with E-state index in [1.54, 1.807) is 35.7 Å². The Morgan fingerprint density at radius 1 is 1.15 bits per heavy atom. The van der Waals surface area contributed by atoms with Crippen LogP contribution in [0, 0.1) is 13.8 Å². The quantitative estimate of drug-likeness (QED) is 0.373. The highest BCUT2D eigenvalue weighted by molar-refractivity contribution is 5.95. The number of nitrogens with one attached hydrogen (secondary N) is 1. The molecule has 5 heterocycles. The first-order valence-electron chi connectivity index (χ1n) is 13.4. The molecule has 0 radical (unpaired) electrons. The maximum Gasteiger partial charge on any atom is 0.280 e. The maximum absolute atomic E-state index is 13.4. The summed E-state index contributed by atoms with van der Waals surface area (Å²) in [5, 5.41) is 7.95. The van der Waals surface area contributed by atoms with Crippen LogP contribution in [0.1, 0.15) is 69.0 Å². The number of allylic oxidation sites excluding steroid dienone is 2. The maximum atomic E-state index is 13.4. The summed E-state index contributed by atoms with van der Waals surface area (Å²) >= 11 is 0. The minimum absolute atomic E-state index is 0. The molecule has 208 valence electrons. The zero-order valence-corrected chi connectivity index (χ0v) is 23.8. The zero-order chi connectivity index (χ0) is 28.3. The molecule has 1 unspecified atom stereocenters. The number of hydrogen-bond donors (Lipinski definition) is 1. The first kappa shape index (κ1) is 27.8. The molecule has 0 aliphatic carbocycles. The largest absolute Gasteiger partial charge is 0.347 e. The van der Waals surface area contributed by atoms with Gasteiger partial charge in [0.2, 0.25) is 0 Å². The second-order valence-corrected chi connectivity index (χ2v) is 9.84.